The summed E-state index contributed by atoms with van der Waals surface area (Å²) in [4.78, 5) is 35.4. The van der Waals surface area contributed by atoms with Gasteiger partial charge in [-0.3, -0.25) is 10.1 Å². The van der Waals surface area contributed by atoms with E-state index in [1.165, 1.54) is 19.2 Å². The van der Waals surface area contributed by atoms with Crippen molar-refractivity contribution in [3.8, 4) is 11.5 Å². The van der Waals surface area contributed by atoms with E-state index in [1.807, 2.05) is 13.8 Å². The van der Waals surface area contributed by atoms with E-state index in [1.54, 1.807) is 6.92 Å². The molecule has 0 spiro atoms. The number of hydrogen-bond acceptors (Lipinski definition) is 6. The van der Waals surface area contributed by atoms with Crippen LogP contribution >= 0.6 is 11.6 Å². The first-order valence-electron chi connectivity index (χ1n) is 8.60. The first-order chi connectivity index (χ1) is 12.8. The molecule has 0 heterocycles. The molecule has 0 unspecified atom stereocenters. The van der Waals surface area contributed by atoms with E-state index in [9.17, 15) is 14.4 Å². The van der Waals surface area contributed by atoms with Crippen molar-refractivity contribution in [1.29, 1.82) is 0 Å². The van der Waals surface area contributed by atoms with Gasteiger partial charge < -0.3 is 19.5 Å². The number of amides is 3. The Morgan fingerprint density at radius 2 is 1.93 bits per heavy atom. The Bertz CT molecular complexity index is 680. The van der Waals surface area contributed by atoms with Crippen LogP contribution in [0.3, 0.4) is 0 Å². The summed E-state index contributed by atoms with van der Waals surface area (Å²) in [5.41, 5.74) is 0.0950. The summed E-state index contributed by atoms with van der Waals surface area (Å²) in [5.74, 6) is -0.919. The zero-order valence-electron chi connectivity index (χ0n) is 15.9. The third kappa shape index (κ3) is 7.34. The zero-order chi connectivity index (χ0) is 20.4. The van der Waals surface area contributed by atoms with E-state index in [-0.39, 0.29) is 22.4 Å². The third-order valence-corrected chi connectivity index (χ3v) is 3.77. The molecular formula is C18H25ClN2O6. The van der Waals surface area contributed by atoms with Crippen LogP contribution in [0.25, 0.3) is 0 Å². The van der Waals surface area contributed by atoms with Gasteiger partial charge in [0.05, 0.1) is 24.3 Å². The Labute approximate surface area is 163 Å². The zero-order valence-corrected chi connectivity index (χ0v) is 16.6. The molecule has 3 amide bonds. The molecule has 0 aromatic heterocycles. The number of hydrogen-bond donors (Lipinski definition) is 2. The molecule has 0 aliphatic heterocycles. The van der Waals surface area contributed by atoms with Gasteiger partial charge in [-0.1, -0.05) is 25.4 Å². The number of rotatable bonds is 9. The van der Waals surface area contributed by atoms with Gasteiger partial charge in [-0.25, -0.2) is 9.59 Å². The number of imide groups is 1. The monoisotopic (exact) mass is 400 g/mol. The summed E-state index contributed by atoms with van der Waals surface area (Å²) in [6, 6.07) is 2.05. The Balaban J connectivity index is 2.68. The van der Waals surface area contributed by atoms with Crippen molar-refractivity contribution in [3.05, 3.63) is 22.7 Å². The van der Waals surface area contributed by atoms with Crippen LogP contribution in [0.1, 0.15) is 44.0 Å². The lowest BCUT2D eigenvalue weighted by molar-refractivity contribution is -0.123. The smallest absolute Gasteiger partial charge is 0.338 e. The molecule has 0 radical (unpaired) electrons. The van der Waals surface area contributed by atoms with Crippen LogP contribution in [0.2, 0.25) is 5.02 Å². The maximum atomic E-state index is 12.1. The SMILES string of the molecule is CCCOc1c(Cl)cc(C(=O)OCC(=O)NC(=O)N[C@@H](C)CC)cc1OC. The van der Waals surface area contributed by atoms with Gasteiger partial charge in [0, 0.05) is 6.04 Å². The van der Waals surface area contributed by atoms with Crippen LogP contribution in [-0.4, -0.2) is 44.3 Å². The molecule has 1 aromatic rings. The largest absolute Gasteiger partial charge is 0.493 e. The fourth-order valence-corrected chi connectivity index (χ4v) is 2.19. The Morgan fingerprint density at radius 3 is 2.52 bits per heavy atom. The lowest BCUT2D eigenvalue weighted by Gasteiger charge is -2.14. The van der Waals surface area contributed by atoms with Gasteiger partial charge in [0.1, 0.15) is 0 Å². The van der Waals surface area contributed by atoms with Crippen LogP contribution in [-0.2, 0) is 9.53 Å². The summed E-state index contributed by atoms with van der Waals surface area (Å²) < 4.78 is 15.6. The quantitative estimate of drug-likeness (QED) is 0.618. The maximum Gasteiger partial charge on any atom is 0.338 e. The number of methoxy groups -OCH3 is 1. The van der Waals surface area contributed by atoms with E-state index in [0.29, 0.717) is 12.4 Å². The normalized spacial score (nSPS) is 11.3. The van der Waals surface area contributed by atoms with Crippen molar-refractivity contribution in [2.24, 2.45) is 0 Å². The molecule has 1 atom stereocenters. The van der Waals surface area contributed by atoms with Crippen molar-refractivity contribution >= 4 is 29.5 Å². The van der Waals surface area contributed by atoms with Crippen LogP contribution in [0.4, 0.5) is 4.79 Å². The Kier molecular flexibility index (Phi) is 9.42. The van der Waals surface area contributed by atoms with E-state index in [4.69, 9.17) is 25.8 Å². The molecule has 9 heteroatoms. The van der Waals surface area contributed by atoms with Crippen LogP contribution < -0.4 is 20.1 Å². The van der Waals surface area contributed by atoms with Gasteiger partial charge in [0.15, 0.2) is 18.1 Å². The predicted molar refractivity (Wildman–Crippen MR) is 100 cm³/mol. The summed E-state index contributed by atoms with van der Waals surface area (Å²) in [6.07, 6.45) is 1.50. The molecule has 0 fully saturated rings. The van der Waals surface area contributed by atoms with Gasteiger partial charge in [0.2, 0.25) is 0 Å². The standard InChI is InChI=1S/C18H25ClN2O6/c1-5-7-26-16-13(19)8-12(9-14(16)25-4)17(23)27-10-15(22)21-18(24)20-11(3)6-2/h8-9,11H,5-7,10H2,1-4H3,(H2,20,21,22,24)/t11-/m0/s1. The molecule has 0 saturated carbocycles. The number of carbonyl (C=O) groups excluding carboxylic acids is 3. The van der Waals surface area contributed by atoms with Gasteiger partial charge in [-0.15, -0.1) is 0 Å². The third-order valence-electron chi connectivity index (χ3n) is 3.49. The van der Waals surface area contributed by atoms with E-state index < -0.39 is 24.5 Å². The Hall–Kier alpha value is -2.48. The highest BCUT2D eigenvalue weighted by molar-refractivity contribution is 6.32. The predicted octanol–water partition coefficient (Wildman–Crippen LogP) is 2.92. The Morgan fingerprint density at radius 1 is 1.22 bits per heavy atom. The van der Waals surface area contributed by atoms with Crippen LogP contribution in [0.5, 0.6) is 11.5 Å². The van der Waals surface area contributed by atoms with Gasteiger partial charge in [0.25, 0.3) is 5.91 Å². The molecule has 150 valence electrons. The van der Waals surface area contributed by atoms with Crippen LogP contribution in [0.15, 0.2) is 12.1 Å². The highest BCUT2D eigenvalue weighted by atomic mass is 35.5. The second-order valence-electron chi connectivity index (χ2n) is 5.74. The minimum Gasteiger partial charge on any atom is -0.493 e. The fourth-order valence-electron chi connectivity index (χ4n) is 1.92. The number of ether oxygens (including phenoxy) is 3. The van der Waals surface area contributed by atoms with Crippen LogP contribution in [0, 0.1) is 0 Å². The first-order valence-corrected chi connectivity index (χ1v) is 8.97. The van der Waals surface area contributed by atoms with Crippen molar-refractivity contribution in [2.45, 2.75) is 39.7 Å². The summed E-state index contributed by atoms with van der Waals surface area (Å²) >= 11 is 6.14. The van der Waals surface area contributed by atoms with Crippen molar-refractivity contribution < 1.29 is 28.6 Å². The highest BCUT2D eigenvalue weighted by Gasteiger charge is 2.18. The molecule has 1 aromatic carbocycles. The number of carbonyl (C=O) groups is 3. The molecule has 1 rings (SSSR count). The number of benzene rings is 1. The second kappa shape index (κ2) is 11.3. The molecule has 27 heavy (non-hydrogen) atoms. The van der Waals surface area contributed by atoms with E-state index >= 15 is 0 Å². The molecule has 0 bridgehead atoms. The lowest BCUT2D eigenvalue weighted by Crippen LogP contribution is -2.44. The average Bonchev–Trinajstić information content (AvgIpc) is 2.64. The number of halogens is 1. The van der Waals surface area contributed by atoms with Gasteiger partial charge in [-0.05, 0) is 31.9 Å². The summed E-state index contributed by atoms with van der Waals surface area (Å²) in [7, 11) is 1.42. The minimum atomic E-state index is -0.783. The molecular weight excluding hydrogens is 376 g/mol. The molecule has 8 nitrogen and oxygen atoms in total. The molecule has 0 aliphatic carbocycles. The number of esters is 1. The summed E-state index contributed by atoms with van der Waals surface area (Å²) in [5, 5.41) is 4.83. The van der Waals surface area contributed by atoms with E-state index in [2.05, 4.69) is 10.6 Å². The van der Waals surface area contributed by atoms with E-state index in [0.717, 1.165) is 12.8 Å². The van der Waals surface area contributed by atoms with Crippen molar-refractivity contribution in [2.75, 3.05) is 20.3 Å². The minimum absolute atomic E-state index is 0.0802. The molecule has 0 saturated heterocycles. The summed E-state index contributed by atoms with van der Waals surface area (Å²) in [6.45, 7) is 5.47. The van der Waals surface area contributed by atoms with Gasteiger partial charge in [-0.2, -0.15) is 0 Å². The molecule has 0 aliphatic rings. The van der Waals surface area contributed by atoms with Crippen molar-refractivity contribution in [1.82, 2.24) is 10.6 Å². The van der Waals surface area contributed by atoms with Gasteiger partial charge >= 0.3 is 12.0 Å². The first kappa shape index (κ1) is 22.6. The number of urea groups is 1. The lowest BCUT2D eigenvalue weighted by atomic mass is 10.2. The highest BCUT2D eigenvalue weighted by Crippen LogP contribution is 2.36. The number of nitrogens with one attached hydrogen (secondary N) is 2. The second-order valence-corrected chi connectivity index (χ2v) is 6.15. The molecule has 2 N–H and O–H groups in total. The average molecular weight is 401 g/mol. The topological polar surface area (TPSA) is 103 Å². The van der Waals surface area contributed by atoms with Crippen molar-refractivity contribution in [3.63, 3.8) is 0 Å². The fraction of sp³-hybridized carbons (Fsp3) is 0.500. The maximum absolute atomic E-state index is 12.1.